The fraction of sp³-hybridized carbons (Fsp3) is 0.600. The maximum Gasteiger partial charge on any atom is 0.243 e. The first-order valence-electron chi connectivity index (χ1n) is 9.66. The average molecular weight is 361 g/mol. The molecular weight excluding hydrogens is 330 g/mol. The quantitative estimate of drug-likeness (QED) is 0.321. The van der Waals surface area contributed by atoms with Gasteiger partial charge in [0.1, 0.15) is 0 Å². The lowest BCUT2D eigenvalue weighted by molar-refractivity contribution is -0.129. The number of rotatable bonds is 11. The molecule has 1 atom stereocenters. The number of hydroxylamine groups is 1. The van der Waals surface area contributed by atoms with Gasteiger partial charge in [-0.25, -0.2) is 5.48 Å². The van der Waals surface area contributed by atoms with Crippen molar-refractivity contribution >= 4 is 11.8 Å². The summed E-state index contributed by atoms with van der Waals surface area (Å²) in [6.45, 7) is 2.90. The topological polar surface area (TPSA) is 81.7 Å². The number of hydrogen-bond acceptors (Lipinski definition) is 4. The maximum atomic E-state index is 12.1. The summed E-state index contributed by atoms with van der Waals surface area (Å²) in [5.74, 6) is -0.182. The number of likely N-dealkylation sites (tertiary alicyclic amines) is 1. The first-order valence-corrected chi connectivity index (χ1v) is 9.66. The molecular formula is C20H31N3O3. The lowest BCUT2D eigenvalue weighted by Gasteiger charge is -2.16. The van der Waals surface area contributed by atoms with Crippen molar-refractivity contribution in [3.05, 3.63) is 35.9 Å². The number of benzene rings is 1. The molecule has 0 aromatic heterocycles. The molecule has 0 aliphatic carbocycles. The molecule has 1 aliphatic rings. The highest BCUT2D eigenvalue weighted by molar-refractivity contribution is 5.76. The zero-order valence-corrected chi connectivity index (χ0v) is 15.5. The van der Waals surface area contributed by atoms with Gasteiger partial charge < -0.3 is 5.32 Å². The molecule has 1 aromatic carbocycles. The standard InChI is InChI=1S/C20H31N3O3/c24-19(11-7-2-1-3-8-12-20(25)22-26)21-18-13-14-23(16-18)15-17-9-5-4-6-10-17/h4-6,9-10,18,26H,1-3,7-8,11-16H2,(H,21,24)(H,22,25)/t18-/m0/s1. The normalized spacial score (nSPS) is 17.2. The van der Waals surface area contributed by atoms with Gasteiger partial charge in [-0.05, 0) is 24.8 Å². The minimum absolute atomic E-state index is 0.149. The van der Waals surface area contributed by atoms with Crippen LogP contribution in [0.15, 0.2) is 30.3 Å². The largest absolute Gasteiger partial charge is 0.352 e. The number of carbonyl (C=O) groups is 2. The van der Waals surface area contributed by atoms with Crippen LogP contribution in [-0.4, -0.2) is 41.1 Å². The Labute approximate surface area is 155 Å². The zero-order valence-electron chi connectivity index (χ0n) is 15.5. The van der Waals surface area contributed by atoms with Gasteiger partial charge in [-0.2, -0.15) is 0 Å². The van der Waals surface area contributed by atoms with Gasteiger partial charge in [-0.15, -0.1) is 0 Å². The van der Waals surface area contributed by atoms with Crippen molar-refractivity contribution in [1.82, 2.24) is 15.7 Å². The summed E-state index contributed by atoms with van der Waals surface area (Å²) in [6, 6.07) is 10.7. The van der Waals surface area contributed by atoms with Gasteiger partial charge >= 0.3 is 0 Å². The Morgan fingerprint density at radius 1 is 1.00 bits per heavy atom. The van der Waals surface area contributed by atoms with Crippen molar-refractivity contribution in [2.45, 2.75) is 64.0 Å². The molecule has 0 radical (unpaired) electrons. The third kappa shape index (κ3) is 7.97. The summed E-state index contributed by atoms with van der Waals surface area (Å²) in [6.07, 6.45) is 6.58. The highest BCUT2D eigenvalue weighted by Crippen LogP contribution is 2.14. The van der Waals surface area contributed by atoms with Crippen LogP contribution in [0.1, 0.15) is 56.9 Å². The molecule has 1 saturated heterocycles. The Kier molecular flexibility index (Phi) is 9.14. The van der Waals surface area contributed by atoms with Crippen molar-refractivity contribution < 1.29 is 14.8 Å². The van der Waals surface area contributed by atoms with Crippen LogP contribution in [0.4, 0.5) is 0 Å². The van der Waals surface area contributed by atoms with E-state index in [4.69, 9.17) is 5.21 Å². The van der Waals surface area contributed by atoms with E-state index in [0.717, 1.165) is 58.2 Å². The van der Waals surface area contributed by atoms with Crippen molar-refractivity contribution in [3.8, 4) is 0 Å². The van der Waals surface area contributed by atoms with Crippen LogP contribution in [0.5, 0.6) is 0 Å². The molecule has 1 heterocycles. The van der Waals surface area contributed by atoms with Crippen LogP contribution in [-0.2, 0) is 16.1 Å². The van der Waals surface area contributed by atoms with Crippen LogP contribution >= 0.6 is 0 Å². The van der Waals surface area contributed by atoms with Crippen LogP contribution in [0.3, 0.4) is 0 Å². The number of nitrogens with one attached hydrogen (secondary N) is 2. The van der Waals surface area contributed by atoms with Crippen molar-refractivity contribution in [1.29, 1.82) is 0 Å². The molecule has 3 N–H and O–H groups in total. The minimum atomic E-state index is -0.331. The lowest BCUT2D eigenvalue weighted by Crippen LogP contribution is -2.36. The predicted molar refractivity (Wildman–Crippen MR) is 101 cm³/mol. The third-order valence-corrected chi connectivity index (χ3v) is 4.82. The first kappa shape index (κ1) is 20.4. The van der Waals surface area contributed by atoms with Gasteiger partial charge in [0.2, 0.25) is 11.8 Å². The van der Waals surface area contributed by atoms with E-state index in [0.29, 0.717) is 12.8 Å². The van der Waals surface area contributed by atoms with Gasteiger partial charge in [0.25, 0.3) is 0 Å². The Balaban J connectivity index is 1.50. The number of nitrogens with zero attached hydrogens (tertiary/aromatic N) is 1. The minimum Gasteiger partial charge on any atom is -0.352 e. The molecule has 26 heavy (non-hydrogen) atoms. The van der Waals surface area contributed by atoms with Crippen LogP contribution in [0.25, 0.3) is 0 Å². The van der Waals surface area contributed by atoms with Crippen LogP contribution in [0.2, 0.25) is 0 Å². The molecule has 6 heteroatoms. The smallest absolute Gasteiger partial charge is 0.243 e. The van der Waals surface area contributed by atoms with E-state index in [-0.39, 0.29) is 17.9 Å². The lowest BCUT2D eigenvalue weighted by atomic mass is 10.1. The number of carbonyl (C=O) groups excluding carboxylic acids is 2. The predicted octanol–water partition coefficient (Wildman–Crippen LogP) is 2.61. The van der Waals surface area contributed by atoms with Gasteiger partial charge in [0, 0.05) is 38.5 Å². The first-order chi connectivity index (χ1) is 12.7. The van der Waals surface area contributed by atoms with E-state index in [1.165, 1.54) is 5.56 Å². The van der Waals surface area contributed by atoms with Crippen molar-refractivity contribution in [2.24, 2.45) is 0 Å². The van der Waals surface area contributed by atoms with Crippen molar-refractivity contribution in [2.75, 3.05) is 13.1 Å². The maximum absolute atomic E-state index is 12.1. The van der Waals surface area contributed by atoms with Gasteiger partial charge in [-0.3, -0.25) is 19.7 Å². The fourth-order valence-electron chi connectivity index (χ4n) is 3.39. The SMILES string of the molecule is O=C(CCCCCCCC(=O)N[C@H]1CCN(Cc2ccccc2)C1)NO. The second kappa shape index (κ2) is 11.6. The Bertz CT molecular complexity index is 550. The van der Waals surface area contributed by atoms with Gasteiger partial charge in [-0.1, -0.05) is 49.6 Å². The van der Waals surface area contributed by atoms with Gasteiger partial charge in [0.05, 0.1) is 0 Å². The van der Waals surface area contributed by atoms with E-state index >= 15 is 0 Å². The molecule has 1 fully saturated rings. The van der Waals surface area contributed by atoms with E-state index < -0.39 is 0 Å². The molecule has 0 saturated carbocycles. The Morgan fingerprint density at radius 3 is 2.35 bits per heavy atom. The zero-order chi connectivity index (χ0) is 18.6. The fourth-order valence-corrected chi connectivity index (χ4v) is 3.39. The molecule has 0 unspecified atom stereocenters. The second-order valence-corrected chi connectivity index (χ2v) is 7.08. The van der Waals surface area contributed by atoms with E-state index in [9.17, 15) is 9.59 Å². The summed E-state index contributed by atoms with van der Waals surface area (Å²) in [5.41, 5.74) is 2.95. The number of amides is 2. The average Bonchev–Trinajstić information content (AvgIpc) is 3.08. The molecule has 6 nitrogen and oxygen atoms in total. The molecule has 2 amide bonds. The van der Waals surface area contributed by atoms with E-state index in [2.05, 4.69) is 34.5 Å². The molecule has 144 valence electrons. The summed E-state index contributed by atoms with van der Waals surface area (Å²) in [7, 11) is 0. The number of hydrogen-bond donors (Lipinski definition) is 3. The molecule has 1 aromatic rings. The van der Waals surface area contributed by atoms with Crippen LogP contribution < -0.4 is 10.8 Å². The van der Waals surface area contributed by atoms with Crippen LogP contribution in [0, 0.1) is 0 Å². The van der Waals surface area contributed by atoms with E-state index in [1.807, 2.05) is 6.07 Å². The summed E-state index contributed by atoms with van der Waals surface area (Å²) in [4.78, 5) is 25.3. The highest BCUT2D eigenvalue weighted by atomic mass is 16.5. The molecule has 1 aliphatic heterocycles. The molecule has 0 spiro atoms. The van der Waals surface area contributed by atoms with Crippen molar-refractivity contribution in [3.63, 3.8) is 0 Å². The second-order valence-electron chi connectivity index (χ2n) is 7.08. The number of unbranched alkanes of at least 4 members (excludes halogenated alkanes) is 4. The summed E-state index contributed by atoms with van der Waals surface area (Å²) >= 11 is 0. The van der Waals surface area contributed by atoms with E-state index in [1.54, 1.807) is 5.48 Å². The highest BCUT2D eigenvalue weighted by Gasteiger charge is 2.23. The summed E-state index contributed by atoms with van der Waals surface area (Å²) in [5, 5.41) is 11.6. The molecule has 0 bridgehead atoms. The third-order valence-electron chi connectivity index (χ3n) is 4.82. The Morgan fingerprint density at radius 2 is 1.65 bits per heavy atom. The van der Waals surface area contributed by atoms with Gasteiger partial charge in [0.15, 0.2) is 0 Å². The monoisotopic (exact) mass is 361 g/mol. The summed E-state index contributed by atoms with van der Waals surface area (Å²) < 4.78 is 0. The molecule has 2 rings (SSSR count). The Hall–Kier alpha value is -1.92.